The molecule has 15 heavy (non-hydrogen) atoms. The van der Waals surface area contributed by atoms with Gasteiger partial charge in [0.05, 0.1) is 0 Å². The third-order valence-corrected chi connectivity index (χ3v) is 3.67. The number of rotatable bonds is 3. The maximum absolute atomic E-state index is 11.4. The van der Waals surface area contributed by atoms with Crippen molar-refractivity contribution in [3.8, 4) is 0 Å². The number of carbonyl (C=O) groups is 1. The molecule has 1 saturated carbocycles. The van der Waals surface area contributed by atoms with Crippen molar-refractivity contribution in [3.63, 3.8) is 0 Å². The van der Waals surface area contributed by atoms with Crippen LogP contribution in [0.15, 0.2) is 12.3 Å². The molecule has 0 saturated heterocycles. The highest BCUT2D eigenvalue weighted by atomic mass is 16.1. The van der Waals surface area contributed by atoms with Gasteiger partial charge in [0.15, 0.2) is 0 Å². The fraction of sp³-hybridized carbons (Fsp3) is 0.667. The largest absolute Gasteiger partial charge is 0.299 e. The Morgan fingerprint density at radius 2 is 2.40 bits per heavy atom. The van der Waals surface area contributed by atoms with Gasteiger partial charge in [0.1, 0.15) is 5.78 Å². The molecule has 2 atom stereocenters. The summed E-state index contributed by atoms with van der Waals surface area (Å²) < 4.78 is 1.92. The predicted octanol–water partition coefficient (Wildman–Crippen LogP) is 1.97. The van der Waals surface area contributed by atoms with E-state index in [1.54, 1.807) is 0 Å². The number of aryl methyl sites for hydroxylation is 2. The van der Waals surface area contributed by atoms with E-state index in [1.165, 1.54) is 5.69 Å². The Morgan fingerprint density at radius 1 is 1.60 bits per heavy atom. The molecule has 0 spiro atoms. The van der Waals surface area contributed by atoms with Crippen molar-refractivity contribution in [2.45, 2.75) is 32.6 Å². The van der Waals surface area contributed by atoms with Gasteiger partial charge in [0.25, 0.3) is 0 Å². The molecule has 3 nitrogen and oxygen atoms in total. The van der Waals surface area contributed by atoms with Crippen LogP contribution < -0.4 is 0 Å². The predicted molar refractivity (Wildman–Crippen MR) is 58.4 cm³/mol. The average Bonchev–Trinajstić information content (AvgIpc) is 2.74. The van der Waals surface area contributed by atoms with E-state index in [-0.39, 0.29) is 5.92 Å². The number of hydrogen-bond donors (Lipinski definition) is 0. The molecular formula is C12H18N2O. The Morgan fingerprint density at radius 3 is 2.93 bits per heavy atom. The Hall–Kier alpha value is -1.12. The zero-order valence-corrected chi connectivity index (χ0v) is 9.44. The van der Waals surface area contributed by atoms with Crippen LogP contribution in [0.1, 0.15) is 31.9 Å². The van der Waals surface area contributed by atoms with E-state index in [1.807, 2.05) is 17.9 Å². The van der Waals surface area contributed by atoms with Gasteiger partial charge in [0.2, 0.25) is 0 Å². The average molecular weight is 206 g/mol. The van der Waals surface area contributed by atoms with Crippen LogP contribution in [-0.2, 0) is 18.3 Å². The van der Waals surface area contributed by atoms with Crippen LogP contribution in [0.4, 0.5) is 0 Å². The lowest BCUT2D eigenvalue weighted by molar-refractivity contribution is -0.120. The van der Waals surface area contributed by atoms with E-state index < -0.39 is 0 Å². The second kappa shape index (κ2) is 4.17. The molecule has 2 unspecified atom stereocenters. The monoisotopic (exact) mass is 206 g/mol. The molecule has 1 heterocycles. The summed E-state index contributed by atoms with van der Waals surface area (Å²) in [6.45, 7) is 2.07. The standard InChI is InChI=1S/C12H18N2O/c1-9-10(4-6-12(9)15)3-5-11-7-8-13-14(11)2/h7-10H,3-6H2,1-2H3. The summed E-state index contributed by atoms with van der Waals surface area (Å²) in [6, 6.07) is 2.06. The summed E-state index contributed by atoms with van der Waals surface area (Å²) in [5, 5.41) is 4.15. The number of hydrogen-bond acceptors (Lipinski definition) is 2. The van der Waals surface area contributed by atoms with Crippen LogP contribution in [0, 0.1) is 11.8 Å². The number of ketones is 1. The highest BCUT2D eigenvalue weighted by Gasteiger charge is 2.30. The van der Waals surface area contributed by atoms with E-state index in [9.17, 15) is 4.79 Å². The number of carbonyl (C=O) groups excluding carboxylic acids is 1. The first-order valence-corrected chi connectivity index (χ1v) is 5.68. The summed E-state index contributed by atoms with van der Waals surface area (Å²) in [5.41, 5.74) is 1.27. The molecular weight excluding hydrogens is 188 g/mol. The first-order chi connectivity index (χ1) is 7.18. The minimum absolute atomic E-state index is 0.276. The van der Waals surface area contributed by atoms with Gasteiger partial charge in [0, 0.05) is 31.3 Å². The lowest BCUT2D eigenvalue weighted by Gasteiger charge is -2.13. The Balaban J connectivity index is 1.89. The molecule has 1 fully saturated rings. The lowest BCUT2D eigenvalue weighted by Crippen LogP contribution is -2.12. The van der Waals surface area contributed by atoms with Gasteiger partial charge in [-0.15, -0.1) is 0 Å². The molecule has 2 rings (SSSR count). The van der Waals surface area contributed by atoms with E-state index in [0.29, 0.717) is 11.7 Å². The van der Waals surface area contributed by atoms with E-state index in [0.717, 1.165) is 25.7 Å². The van der Waals surface area contributed by atoms with Crippen LogP contribution in [0.25, 0.3) is 0 Å². The van der Waals surface area contributed by atoms with Gasteiger partial charge in [-0.05, 0) is 31.2 Å². The van der Waals surface area contributed by atoms with Crippen LogP contribution >= 0.6 is 0 Å². The van der Waals surface area contributed by atoms with Crippen molar-refractivity contribution in [2.24, 2.45) is 18.9 Å². The summed E-state index contributed by atoms with van der Waals surface area (Å²) in [7, 11) is 1.97. The number of Topliss-reactive ketones (excluding diaryl/α,β-unsaturated/α-hetero) is 1. The quantitative estimate of drug-likeness (QED) is 0.757. The zero-order chi connectivity index (χ0) is 10.8. The third kappa shape index (κ3) is 2.11. The molecule has 3 heteroatoms. The van der Waals surface area contributed by atoms with Gasteiger partial charge in [-0.2, -0.15) is 5.10 Å². The van der Waals surface area contributed by atoms with Crippen molar-refractivity contribution in [1.82, 2.24) is 9.78 Å². The summed E-state index contributed by atoms with van der Waals surface area (Å²) in [6.07, 6.45) is 5.86. The normalized spacial score (nSPS) is 26.1. The first kappa shape index (κ1) is 10.4. The fourth-order valence-electron chi connectivity index (χ4n) is 2.44. The van der Waals surface area contributed by atoms with E-state index >= 15 is 0 Å². The Labute approximate surface area is 90.5 Å². The molecule has 1 aromatic rings. The second-order valence-corrected chi connectivity index (χ2v) is 4.54. The van der Waals surface area contributed by atoms with Crippen LogP contribution in [0.5, 0.6) is 0 Å². The summed E-state index contributed by atoms with van der Waals surface area (Å²) in [5.74, 6) is 1.32. The Bertz CT molecular complexity index is 356. The minimum atomic E-state index is 0.276. The smallest absolute Gasteiger partial charge is 0.135 e. The van der Waals surface area contributed by atoms with E-state index in [4.69, 9.17) is 0 Å². The zero-order valence-electron chi connectivity index (χ0n) is 9.44. The van der Waals surface area contributed by atoms with Crippen molar-refractivity contribution in [3.05, 3.63) is 18.0 Å². The molecule has 0 N–H and O–H groups in total. The molecule has 1 aromatic heterocycles. The first-order valence-electron chi connectivity index (χ1n) is 5.68. The van der Waals surface area contributed by atoms with Gasteiger partial charge < -0.3 is 0 Å². The highest BCUT2D eigenvalue weighted by Crippen LogP contribution is 2.31. The van der Waals surface area contributed by atoms with E-state index in [2.05, 4.69) is 18.1 Å². The second-order valence-electron chi connectivity index (χ2n) is 4.54. The molecule has 0 aliphatic heterocycles. The summed E-state index contributed by atoms with van der Waals surface area (Å²) >= 11 is 0. The molecule has 0 radical (unpaired) electrons. The molecule has 0 aromatic carbocycles. The molecule has 1 aliphatic rings. The van der Waals surface area contributed by atoms with Crippen LogP contribution in [0.2, 0.25) is 0 Å². The van der Waals surface area contributed by atoms with Gasteiger partial charge >= 0.3 is 0 Å². The van der Waals surface area contributed by atoms with Gasteiger partial charge in [-0.25, -0.2) is 0 Å². The highest BCUT2D eigenvalue weighted by molar-refractivity contribution is 5.82. The van der Waals surface area contributed by atoms with Crippen molar-refractivity contribution in [2.75, 3.05) is 0 Å². The van der Waals surface area contributed by atoms with Crippen molar-refractivity contribution >= 4 is 5.78 Å². The maximum Gasteiger partial charge on any atom is 0.135 e. The number of aromatic nitrogens is 2. The molecule has 0 bridgehead atoms. The van der Waals surface area contributed by atoms with Crippen LogP contribution in [-0.4, -0.2) is 15.6 Å². The molecule has 1 aliphatic carbocycles. The van der Waals surface area contributed by atoms with Crippen LogP contribution in [0.3, 0.4) is 0 Å². The van der Waals surface area contributed by atoms with Crippen molar-refractivity contribution < 1.29 is 4.79 Å². The maximum atomic E-state index is 11.4. The van der Waals surface area contributed by atoms with Gasteiger partial charge in [-0.3, -0.25) is 9.48 Å². The third-order valence-electron chi connectivity index (χ3n) is 3.67. The minimum Gasteiger partial charge on any atom is -0.299 e. The van der Waals surface area contributed by atoms with Crippen molar-refractivity contribution in [1.29, 1.82) is 0 Å². The lowest BCUT2D eigenvalue weighted by atomic mass is 9.92. The SMILES string of the molecule is CC1C(=O)CCC1CCc1ccnn1C. The topological polar surface area (TPSA) is 34.9 Å². The molecule has 82 valence electrons. The fourth-order valence-corrected chi connectivity index (χ4v) is 2.44. The number of nitrogens with zero attached hydrogens (tertiary/aromatic N) is 2. The molecule has 0 amide bonds. The Kier molecular flexibility index (Phi) is 2.89. The summed E-state index contributed by atoms with van der Waals surface area (Å²) in [4.78, 5) is 11.4. The van der Waals surface area contributed by atoms with Gasteiger partial charge in [-0.1, -0.05) is 6.92 Å².